The lowest BCUT2D eigenvalue weighted by Gasteiger charge is -2.07. The topological polar surface area (TPSA) is 33.1 Å². The van der Waals surface area contributed by atoms with Crippen molar-refractivity contribution in [2.45, 2.75) is 6.10 Å². The molecule has 14 heavy (non-hydrogen) atoms. The Morgan fingerprint density at radius 1 is 1.43 bits per heavy atom. The van der Waals surface area contributed by atoms with E-state index in [1.807, 2.05) is 29.6 Å². The third-order valence-corrected chi connectivity index (χ3v) is 3.17. The van der Waals surface area contributed by atoms with Gasteiger partial charge in [0, 0.05) is 8.95 Å². The average molecular weight is 317 g/mol. The van der Waals surface area contributed by atoms with Gasteiger partial charge in [-0.3, -0.25) is 0 Å². The molecule has 2 nitrogen and oxygen atoms in total. The minimum atomic E-state index is -0.601. The van der Waals surface area contributed by atoms with Crippen LogP contribution in [0.1, 0.15) is 17.4 Å². The normalized spacial score (nSPS) is 12.7. The Morgan fingerprint density at radius 2 is 2.29 bits per heavy atom. The number of aromatic nitrogens is 1. The van der Waals surface area contributed by atoms with Crippen LogP contribution in [0.15, 0.2) is 35.2 Å². The van der Waals surface area contributed by atoms with E-state index >= 15 is 0 Å². The Bertz CT molecular complexity index is 416. The molecule has 1 atom stereocenters. The average Bonchev–Trinajstić information content (AvgIpc) is 2.69. The molecule has 2 aromatic rings. The zero-order valence-electron chi connectivity index (χ0n) is 7.22. The van der Waals surface area contributed by atoms with E-state index < -0.39 is 6.10 Å². The molecule has 1 aromatic carbocycles. The molecular formula is C10H8INOS. The summed E-state index contributed by atoms with van der Waals surface area (Å²) in [5, 5.41) is 11.8. The van der Waals surface area contributed by atoms with Gasteiger partial charge in [0.15, 0.2) is 0 Å². The first-order chi connectivity index (χ1) is 6.77. The number of aliphatic hydroxyl groups excluding tert-OH is 1. The van der Waals surface area contributed by atoms with Crippen LogP contribution in [0, 0.1) is 3.57 Å². The molecule has 1 aromatic heterocycles. The lowest BCUT2D eigenvalue weighted by molar-refractivity contribution is 0.216. The van der Waals surface area contributed by atoms with E-state index in [0.29, 0.717) is 0 Å². The number of rotatable bonds is 2. The number of thiazole rings is 1. The predicted molar refractivity (Wildman–Crippen MR) is 65.3 cm³/mol. The zero-order valence-corrected chi connectivity index (χ0v) is 10.2. The first kappa shape index (κ1) is 10.1. The maximum atomic E-state index is 9.95. The fourth-order valence-corrected chi connectivity index (χ4v) is 2.34. The van der Waals surface area contributed by atoms with Gasteiger partial charge in [0.05, 0.1) is 11.2 Å². The van der Waals surface area contributed by atoms with Crippen LogP contribution in [0.2, 0.25) is 0 Å². The van der Waals surface area contributed by atoms with Gasteiger partial charge < -0.3 is 5.11 Å². The van der Waals surface area contributed by atoms with Crippen molar-refractivity contribution in [1.29, 1.82) is 0 Å². The second-order valence-corrected chi connectivity index (χ2v) is 4.84. The molecule has 0 bridgehead atoms. The van der Waals surface area contributed by atoms with Crippen LogP contribution in [0.5, 0.6) is 0 Å². The fourth-order valence-electron chi connectivity index (χ4n) is 1.20. The van der Waals surface area contributed by atoms with Crippen LogP contribution in [-0.2, 0) is 0 Å². The van der Waals surface area contributed by atoms with Crippen molar-refractivity contribution >= 4 is 33.9 Å². The van der Waals surface area contributed by atoms with Crippen LogP contribution in [0.25, 0.3) is 0 Å². The highest BCUT2D eigenvalue weighted by Crippen LogP contribution is 2.22. The van der Waals surface area contributed by atoms with E-state index in [1.54, 1.807) is 5.51 Å². The molecule has 1 unspecified atom stereocenters. The maximum Gasteiger partial charge on any atom is 0.122 e. The Balaban J connectivity index is 2.32. The van der Waals surface area contributed by atoms with E-state index in [2.05, 4.69) is 27.6 Å². The number of benzene rings is 1. The molecule has 0 fully saturated rings. The second kappa shape index (κ2) is 4.37. The molecule has 0 radical (unpaired) electrons. The van der Waals surface area contributed by atoms with Gasteiger partial charge >= 0.3 is 0 Å². The van der Waals surface area contributed by atoms with E-state index in [0.717, 1.165) is 14.8 Å². The number of halogens is 1. The van der Waals surface area contributed by atoms with E-state index in [9.17, 15) is 5.11 Å². The molecule has 0 saturated carbocycles. The van der Waals surface area contributed by atoms with Crippen molar-refractivity contribution in [2.75, 3.05) is 0 Å². The summed E-state index contributed by atoms with van der Waals surface area (Å²) in [6, 6.07) is 7.81. The monoisotopic (exact) mass is 317 g/mol. The first-order valence-electron chi connectivity index (χ1n) is 4.09. The van der Waals surface area contributed by atoms with Crippen LogP contribution in [0.3, 0.4) is 0 Å². The molecule has 0 saturated heterocycles. The van der Waals surface area contributed by atoms with Crippen LogP contribution >= 0.6 is 33.9 Å². The van der Waals surface area contributed by atoms with Gasteiger partial charge in [-0.25, -0.2) is 4.98 Å². The Hall–Kier alpha value is -0.460. The Morgan fingerprint density at radius 3 is 2.93 bits per heavy atom. The van der Waals surface area contributed by atoms with Gasteiger partial charge in [0.25, 0.3) is 0 Å². The van der Waals surface area contributed by atoms with Crippen molar-refractivity contribution in [3.8, 4) is 0 Å². The van der Waals surface area contributed by atoms with Crippen molar-refractivity contribution in [1.82, 2.24) is 4.98 Å². The van der Waals surface area contributed by atoms with Crippen molar-refractivity contribution < 1.29 is 5.11 Å². The highest BCUT2D eigenvalue weighted by atomic mass is 127. The van der Waals surface area contributed by atoms with Gasteiger partial charge in [0.1, 0.15) is 6.10 Å². The number of hydrogen-bond donors (Lipinski definition) is 1. The summed E-state index contributed by atoms with van der Waals surface area (Å²) in [5.41, 5.74) is 3.34. The Kier molecular flexibility index (Phi) is 3.15. The number of nitrogens with zero attached hydrogens (tertiary/aromatic N) is 1. The highest BCUT2D eigenvalue weighted by Gasteiger charge is 2.11. The molecule has 0 aliphatic rings. The summed E-state index contributed by atoms with van der Waals surface area (Å²) >= 11 is 3.72. The SMILES string of the molecule is OC(c1cccc(I)c1)c1cscn1. The number of aliphatic hydroxyl groups is 1. The van der Waals surface area contributed by atoms with E-state index in [-0.39, 0.29) is 0 Å². The summed E-state index contributed by atoms with van der Waals surface area (Å²) in [6.07, 6.45) is -0.601. The summed E-state index contributed by atoms with van der Waals surface area (Å²) in [6.45, 7) is 0. The molecule has 0 spiro atoms. The molecule has 0 amide bonds. The van der Waals surface area contributed by atoms with Gasteiger partial charge in [-0.2, -0.15) is 0 Å². The van der Waals surface area contributed by atoms with Gasteiger partial charge in [-0.15, -0.1) is 11.3 Å². The van der Waals surface area contributed by atoms with E-state index in [4.69, 9.17) is 0 Å². The molecule has 0 aliphatic heterocycles. The molecule has 0 aliphatic carbocycles. The second-order valence-electron chi connectivity index (χ2n) is 2.87. The van der Waals surface area contributed by atoms with Gasteiger partial charge in [-0.1, -0.05) is 12.1 Å². The first-order valence-corrected chi connectivity index (χ1v) is 6.11. The third kappa shape index (κ3) is 2.13. The Labute approximate surface area is 99.8 Å². The van der Waals surface area contributed by atoms with Crippen LogP contribution < -0.4 is 0 Å². The fraction of sp³-hybridized carbons (Fsp3) is 0.100. The largest absolute Gasteiger partial charge is 0.382 e. The lowest BCUT2D eigenvalue weighted by atomic mass is 10.1. The zero-order chi connectivity index (χ0) is 9.97. The van der Waals surface area contributed by atoms with Crippen molar-refractivity contribution in [2.24, 2.45) is 0 Å². The molecular weight excluding hydrogens is 309 g/mol. The smallest absolute Gasteiger partial charge is 0.122 e. The minimum absolute atomic E-state index is 0.601. The van der Waals surface area contributed by atoms with Crippen LogP contribution in [-0.4, -0.2) is 10.1 Å². The van der Waals surface area contributed by atoms with Crippen molar-refractivity contribution in [3.63, 3.8) is 0 Å². The highest BCUT2D eigenvalue weighted by molar-refractivity contribution is 14.1. The summed E-state index contributed by atoms with van der Waals surface area (Å²) in [7, 11) is 0. The molecule has 1 heterocycles. The van der Waals surface area contributed by atoms with Gasteiger partial charge in [-0.05, 0) is 40.3 Å². The molecule has 72 valence electrons. The summed E-state index contributed by atoms with van der Waals surface area (Å²) < 4.78 is 1.12. The number of hydrogen-bond acceptors (Lipinski definition) is 3. The summed E-state index contributed by atoms with van der Waals surface area (Å²) in [5.74, 6) is 0. The lowest BCUT2D eigenvalue weighted by Crippen LogP contribution is -1.99. The van der Waals surface area contributed by atoms with Crippen LogP contribution in [0.4, 0.5) is 0 Å². The molecule has 2 rings (SSSR count). The maximum absolute atomic E-state index is 9.95. The van der Waals surface area contributed by atoms with Crippen molar-refractivity contribution in [3.05, 3.63) is 50.0 Å². The molecule has 4 heteroatoms. The van der Waals surface area contributed by atoms with Gasteiger partial charge in [0.2, 0.25) is 0 Å². The minimum Gasteiger partial charge on any atom is -0.382 e. The summed E-state index contributed by atoms with van der Waals surface area (Å²) in [4.78, 5) is 4.09. The molecule has 1 N–H and O–H groups in total. The predicted octanol–water partition coefficient (Wildman–Crippen LogP) is 2.83. The van der Waals surface area contributed by atoms with E-state index in [1.165, 1.54) is 11.3 Å². The third-order valence-electron chi connectivity index (χ3n) is 1.90. The standard InChI is InChI=1S/C10H8INOS/c11-8-3-1-2-7(4-8)10(13)9-5-14-6-12-9/h1-6,10,13H. The quantitative estimate of drug-likeness (QED) is 0.864.